The molecule has 1 aromatic carbocycles. The first-order valence-corrected chi connectivity index (χ1v) is 13.9. The van der Waals surface area contributed by atoms with Crippen molar-refractivity contribution in [2.45, 2.75) is 113 Å². The van der Waals surface area contributed by atoms with Gasteiger partial charge in [-0.25, -0.2) is 9.59 Å². The number of esters is 2. The Morgan fingerprint density at radius 1 is 0.683 bits per heavy atom. The SMILES string of the molecule is CC(C)C(C)OC(=O)Oc1cc(C[C@H](N)C(=O)OC(C)C(C)OC(=O)C(C)(C)C)ccc1OC(=O)O[C@@H](C)C(C)C. The smallest absolute Gasteiger partial charge is 0.458 e. The topological polar surface area (TPSA) is 150 Å². The van der Waals surface area contributed by atoms with E-state index >= 15 is 0 Å². The van der Waals surface area contributed by atoms with Gasteiger partial charge in [-0.15, -0.1) is 0 Å². The maximum Gasteiger partial charge on any atom is 0.514 e. The highest BCUT2D eigenvalue weighted by molar-refractivity contribution is 5.77. The third-order valence-corrected chi connectivity index (χ3v) is 6.46. The van der Waals surface area contributed by atoms with Crippen LogP contribution in [-0.4, -0.2) is 54.7 Å². The Morgan fingerprint density at radius 3 is 1.61 bits per heavy atom. The first kappa shape index (κ1) is 35.7. The van der Waals surface area contributed by atoms with E-state index in [4.69, 9.17) is 34.2 Å². The molecule has 0 radical (unpaired) electrons. The molecule has 0 aliphatic rings. The van der Waals surface area contributed by atoms with Gasteiger partial charge in [-0.05, 0) is 84.4 Å². The van der Waals surface area contributed by atoms with Gasteiger partial charge in [-0.2, -0.15) is 0 Å². The Balaban J connectivity index is 3.03. The molecule has 0 saturated carbocycles. The van der Waals surface area contributed by atoms with Crippen LogP contribution in [0.15, 0.2) is 18.2 Å². The molecule has 0 amide bonds. The highest BCUT2D eigenvalue weighted by Gasteiger charge is 2.29. The normalized spacial score (nSPS) is 15.3. The first-order chi connectivity index (χ1) is 18.8. The summed E-state index contributed by atoms with van der Waals surface area (Å²) in [7, 11) is 0. The average Bonchev–Trinajstić information content (AvgIpc) is 2.84. The van der Waals surface area contributed by atoms with Gasteiger partial charge >= 0.3 is 24.2 Å². The molecule has 0 aliphatic heterocycles. The van der Waals surface area contributed by atoms with E-state index in [1.54, 1.807) is 54.5 Å². The molecular weight excluding hydrogens is 534 g/mol. The third kappa shape index (κ3) is 12.4. The molecular formula is C30H47NO10. The molecule has 0 heterocycles. The van der Waals surface area contributed by atoms with Crippen LogP contribution in [-0.2, 0) is 35.0 Å². The van der Waals surface area contributed by atoms with Gasteiger partial charge < -0.3 is 34.2 Å². The summed E-state index contributed by atoms with van der Waals surface area (Å²) in [6, 6.07) is 3.29. The van der Waals surface area contributed by atoms with Crippen molar-refractivity contribution in [2.75, 3.05) is 0 Å². The number of nitrogens with two attached hydrogens (primary N) is 1. The van der Waals surface area contributed by atoms with Crippen LogP contribution >= 0.6 is 0 Å². The third-order valence-electron chi connectivity index (χ3n) is 6.46. The van der Waals surface area contributed by atoms with Crippen molar-refractivity contribution >= 4 is 24.2 Å². The fourth-order valence-electron chi connectivity index (χ4n) is 2.79. The minimum absolute atomic E-state index is 0.00459. The second-order valence-corrected chi connectivity index (χ2v) is 11.9. The quantitative estimate of drug-likeness (QED) is 0.187. The fourth-order valence-corrected chi connectivity index (χ4v) is 2.79. The molecule has 0 bridgehead atoms. The maximum atomic E-state index is 12.7. The lowest BCUT2D eigenvalue weighted by molar-refractivity contribution is -0.171. The average molecular weight is 582 g/mol. The molecule has 3 unspecified atom stereocenters. The molecule has 41 heavy (non-hydrogen) atoms. The lowest BCUT2D eigenvalue weighted by Crippen LogP contribution is -2.40. The van der Waals surface area contributed by atoms with Crippen LogP contribution in [0.4, 0.5) is 9.59 Å². The standard InChI is InChI=1S/C30H47NO10/c1-16(2)18(5)38-28(34)40-24-13-12-22(15-25(24)41-29(35)39-19(6)17(3)4)14-23(31)26(32)36-20(7)21(8)37-27(33)30(9,10)11/h12-13,15-21,23H,14,31H2,1-11H3/t18-,19?,20?,21?,23-/m0/s1. The summed E-state index contributed by atoms with van der Waals surface area (Å²) in [6.07, 6.45) is -4.23. The number of carbonyl (C=O) groups excluding carboxylic acids is 4. The van der Waals surface area contributed by atoms with Crippen molar-refractivity contribution in [1.82, 2.24) is 0 Å². The Bertz CT molecular complexity index is 1050. The van der Waals surface area contributed by atoms with E-state index in [0.29, 0.717) is 5.56 Å². The van der Waals surface area contributed by atoms with Gasteiger partial charge in [0.2, 0.25) is 0 Å². The summed E-state index contributed by atoms with van der Waals surface area (Å²) >= 11 is 0. The maximum absolute atomic E-state index is 12.7. The highest BCUT2D eigenvalue weighted by atomic mass is 16.8. The van der Waals surface area contributed by atoms with E-state index in [1.165, 1.54) is 12.1 Å². The van der Waals surface area contributed by atoms with Gasteiger partial charge in [0.1, 0.15) is 30.5 Å². The molecule has 232 valence electrons. The van der Waals surface area contributed by atoms with Crippen molar-refractivity contribution in [1.29, 1.82) is 0 Å². The van der Waals surface area contributed by atoms with Crippen LogP contribution in [0.3, 0.4) is 0 Å². The Labute approximate surface area is 243 Å². The summed E-state index contributed by atoms with van der Waals surface area (Å²) in [4.78, 5) is 49.6. The van der Waals surface area contributed by atoms with Gasteiger partial charge in [0.05, 0.1) is 5.41 Å². The predicted molar refractivity (Wildman–Crippen MR) is 152 cm³/mol. The Morgan fingerprint density at radius 2 is 1.15 bits per heavy atom. The van der Waals surface area contributed by atoms with Crippen LogP contribution < -0.4 is 15.2 Å². The minimum Gasteiger partial charge on any atom is -0.458 e. The van der Waals surface area contributed by atoms with E-state index in [1.807, 2.05) is 27.7 Å². The number of benzene rings is 1. The second kappa shape index (κ2) is 15.6. The van der Waals surface area contributed by atoms with Crippen LogP contribution in [0.25, 0.3) is 0 Å². The molecule has 0 fully saturated rings. The number of rotatable bonds is 12. The summed E-state index contributed by atoms with van der Waals surface area (Å²) in [5.41, 5.74) is 5.89. The Kier molecular flexibility index (Phi) is 13.6. The van der Waals surface area contributed by atoms with E-state index in [0.717, 1.165) is 0 Å². The molecule has 1 rings (SSSR count). The van der Waals surface area contributed by atoms with Gasteiger partial charge in [0, 0.05) is 0 Å². The number of hydrogen-bond acceptors (Lipinski definition) is 11. The monoisotopic (exact) mass is 581 g/mol. The summed E-state index contributed by atoms with van der Waals surface area (Å²) in [5.74, 6) is -1.22. The molecule has 11 nitrogen and oxygen atoms in total. The van der Waals surface area contributed by atoms with Crippen LogP contribution in [0.1, 0.15) is 81.7 Å². The van der Waals surface area contributed by atoms with E-state index in [9.17, 15) is 19.2 Å². The number of hydrogen-bond donors (Lipinski definition) is 1. The summed E-state index contributed by atoms with van der Waals surface area (Å²) < 4.78 is 32.0. The largest absolute Gasteiger partial charge is 0.514 e. The van der Waals surface area contributed by atoms with E-state index in [-0.39, 0.29) is 29.8 Å². The van der Waals surface area contributed by atoms with E-state index < -0.39 is 60.1 Å². The number of carbonyl (C=O) groups is 4. The molecule has 2 N–H and O–H groups in total. The highest BCUT2D eigenvalue weighted by Crippen LogP contribution is 2.30. The van der Waals surface area contributed by atoms with Crippen LogP contribution in [0.2, 0.25) is 0 Å². The van der Waals surface area contributed by atoms with Crippen molar-refractivity contribution in [2.24, 2.45) is 23.0 Å². The zero-order chi connectivity index (χ0) is 31.7. The van der Waals surface area contributed by atoms with Crippen molar-refractivity contribution in [3.05, 3.63) is 23.8 Å². The molecule has 1 aromatic rings. The first-order valence-electron chi connectivity index (χ1n) is 13.9. The van der Waals surface area contributed by atoms with Gasteiger partial charge in [-0.3, -0.25) is 9.59 Å². The van der Waals surface area contributed by atoms with Gasteiger partial charge in [0.25, 0.3) is 0 Å². The van der Waals surface area contributed by atoms with Crippen molar-refractivity contribution in [3.63, 3.8) is 0 Å². The predicted octanol–water partition coefficient (Wildman–Crippen LogP) is 5.59. The second-order valence-electron chi connectivity index (χ2n) is 11.9. The Hall–Kier alpha value is -3.34. The van der Waals surface area contributed by atoms with E-state index in [2.05, 4.69) is 0 Å². The summed E-state index contributed by atoms with van der Waals surface area (Å²) in [5, 5.41) is 0. The lowest BCUT2D eigenvalue weighted by Gasteiger charge is -2.25. The fraction of sp³-hybridized carbons (Fsp3) is 0.667. The minimum atomic E-state index is -1.09. The van der Waals surface area contributed by atoms with Crippen molar-refractivity contribution in [3.8, 4) is 11.5 Å². The molecule has 5 atom stereocenters. The lowest BCUT2D eigenvalue weighted by atomic mass is 9.97. The summed E-state index contributed by atoms with van der Waals surface area (Å²) in [6.45, 7) is 19.4. The molecule has 0 aliphatic carbocycles. The molecule has 0 saturated heterocycles. The molecule has 0 aromatic heterocycles. The zero-order valence-electron chi connectivity index (χ0n) is 26.1. The van der Waals surface area contributed by atoms with Crippen molar-refractivity contribution < 1.29 is 47.6 Å². The van der Waals surface area contributed by atoms with Gasteiger partial charge in [-0.1, -0.05) is 33.8 Å². The zero-order valence-corrected chi connectivity index (χ0v) is 26.1. The van der Waals surface area contributed by atoms with Crippen LogP contribution in [0, 0.1) is 17.3 Å². The van der Waals surface area contributed by atoms with Crippen LogP contribution in [0.5, 0.6) is 11.5 Å². The molecule has 11 heteroatoms. The van der Waals surface area contributed by atoms with Gasteiger partial charge in [0.15, 0.2) is 11.5 Å². The molecule has 0 spiro atoms. The number of ether oxygens (including phenoxy) is 6.